The molecule has 1 aliphatic carbocycles. The van der Waals surface area contributed by atoms with E-state index in [-0.39, 0.29) is 11.8 Å². The van der Waals surface area contributed by atoms with E-state index >= 15 is 0 Å². The van der Waals surface area contributed by atoms with E-state index < -0.39 is 34.0 Å². The molecule has 1 spiro atoms. The normalized spacial score (nSPS) is 40.0. The molecule has 0 aromatic heterocycles. The Kier molecular flexibility index (Phi) is 2.07. The third-order valence-corrected chi connectivity index (χ3v) is 4.69. The van der Waals surface area contributed by atoms with Gasteiger partial charge in [-0.1, -0.05) is 0 Å². The number of hydrogen-bond donors (Lipinski definition) is 1. The Morgan fingerprint density at radius 1 is 1.14 bits per heavy atom. The maximum atomic E-state index is 12.8. The van der Waals surface area contributed by atoms with Gasteiger partial charge in [0.2, 0.25) is 0 Å². The summed E-state index contributed by atoms with van der Waals surface area (Å²) in [4.78, 5) is 37.0. The van der Waals surface area contributed by atoms with Crippen molar-refractivity contribution in [1.82, 2.24) is 10.3 Å². The number of imide groups is 1. The van der Waals surface area contributed by atoms with E-state index in [1.54, 1.807) is 26.0 Å². The Morgan fingerprint density at radius 2 is 1.62 bits per heavy atom. The molecule has 3 aliphatic rings. The lowest BCUT2D eigenvalue weighted by Gasteiger charge is -2.20. The van der Waals surface area contributed by atoms with Gasteiger partial charge >= 0.3 is 0 Å². The van der Waals surface area contributed by atoms with Gasteiger partial charge in [0.1, 0.15) is 0 Å². The van der Waals surface area contributed by atoms with Crippen molar-refractivity contribution in [3.05, 3.63) is 0 Å². The van der Waals surface area contributed by atoms with Crippen LogP contribution in [-0.2, 0) is 14.4 Å². The first-order valence-electron chi connectivity index (χ1n) is 6.37. The standard InChI is InChI=1S/C13H11N5O3/c1-6(2)18-10(21)13(7(3)17-18)11(4-14)8(19)16-9(20)12(11,13)5-15/h6H,1-3H3,(H,16,19,20). The number of nitrogens with zero attached hydrogens (tertiary/aromatic N) is 4. The molecule has 2 atom stereocenters. The predicted molar refractivity (Wildman–Crippen MR) is 66.8 cm³/mol. The van der Waals surface area contributed by atoms with E-state index in [1.165, 1.54) is 6.92 Å². The topological polar surface area (TPSA) is 126 Å². The molecular formula is C13H11N5O3. The highest BCUT2D eigenvalue weighted by Crippen LogP contribution is 2.82. The average Bonchev–Trinajstić information content (AvgIpc) is 2.81. The summed E-state index contributed by atoms with van der Waals surface area (Å²) < 4.78 is 0. The second-order valence-corrected chi connectivity index (χ2v) is 5.69. The maximum Gasteiger partial charge on any atom is 0.259 e. The molecule has 3 rings (SSSR count). The Hall–Kier alpha value is -2.74. The van der Waals surface area contributed by atoms with Crippen LogP contribution in [0.1, 0.15) is 20.8 Å². The number of rotatable bonds is 1. The van der Waals surface area contributed by atoms with E-state index in [1.807, 2.05) is 5.32 Å². The Morgan fingerprint density at radius 3 is 1.95 bits per heavy atom. The van der Waals surface area contributed by atoms with Crippen LogP contribution in [-0.4, -0.2) is 34.5 Å². The zero-order chi connectivity index (χ0) is 15.8. The van der Waals surface area contributed by atoms with Gasteiger partial charge in [0.25, 0.3) is 17.7 Å². The predicted octanol–water partition coefficient (Wildman–Crippen LogP) is -0.711. The summed E-state index contributed by atoms with van der Waals surface area (Å²) in [6.07, 6.45) is 0. The summed E-state index contributed by atoms with van der Waals surface area (Å²) in [7, 11) is 0. The van der Waals surface area contributed by atoms with Gasteiger partial charge in [0.05, 0.1) is 17.9 Å². The number of piperidine rings is 1. The SMILES string of the molecule is CC1=NN(C(C)C)C(=O)C12C1(C#N)C(=O)NC(=O)C12C#N. The fourth-order valence-corrected chi connectivity index (χ4v) is 3.79. The van der Waals surface area contributed by atoms with Gasteiger partial charge in [0, 0.05) is 6.04 Å². The molecule has 1 saturated carbocycles. The lowest BCUT2D eigenvalue weighted by Crippen LogP contribution is -2.46. The minimum Gasteiger partial charge on any atom is -0.293 e. The Balaban J connectivity index is 2.32. The minimum absolute atomic E-state index is 0.160. The van der Waals surface area contributed by atoms with Crippen molar-refractivity contribution in [3.63, 3.8) is 0 Å². The number of carbonyl (C=O) groups excluding carboxylic acids is 3. The third-order valence-electron chi connectivity index (χ3n) is 4.69. The van der Waals surface area contributed by atoms with E-state index in [0.29, 0.717) is 0 Å². The molecule has 0 aromatic carbocycles. The summed E-state index contributed by atoms with van der Waals surface area (Å²) in [5.41, 5.74) is -5.65. The molecule has 2 aliphatic heterocycles. The molecule has 0 bridgehead atoms. The second kappa shape index (κ2) is 3.29. The first-order valence-corrected chi connectivity index (χ1v) is 6.37. The first-order chi connectivity index (χ1) is 9.79. The van der Waals surface area contributed by atoms with Crippen LogP contribution in [0, 0.1) is 38.9 Å². The van der Waals surface area contributed by atoms with Gasteiger partial charge in [-0.15, -0.1) is 0 Å². The van der Waals surface area contributed by atoms with E-state index in [4.69, 9.17) is 0 Å². The van der Waals surface area contributed by atoms with Gasteiger partial charge in [-0.3, -0.25) is 19.7 Å². The van der Waals surface area contributed by atoms with E-state index in [2.05, 4.69) is 5.10 Å². The lowest BCUT2D eigenvalue weighted by molar-refractivity contribution is -0.141. The van der Waals surface area contributed by atoms with Crippen molar-refractivity contribution < 1.29 is 14.4 Å². The first kappa shape index (κ1) is 13.3. The van der Waals surface area contributed by atoms with E-state index in [9.17, 15) is 24.9 Å². The fourth-order valence-electron chi connectivity index (χ4n) is 3.79. The monoisotopic (exact) mass is 285 g/mol. The smallest absolute Gasteiger partial charge is 0.259 e. The zero-order valence-corrected chi connectivity index (χ0v) is 11.6. The van der Waals surface area contributed by atoms with Crippen LogP contribution in [0.25, 0.3) is 0 Å². The van der Waals surface area contributed by atoms with Gasteiger partial charge in [0.15, 0.2) is 16.2 Å². The van der Waals surface area contributed by atoms with Crippen molar-refractivity contribution in [2.75, 3.05) is 0 Å². The van der Waals surface area contributed by atoms with Gasteiger partial charge < -0.3 is 0 Å². The molecule has 3 amide bonds. The average molecular weight is 285 g/mol. The molecule has 1 saturated heterocycles. The number of hydrazone groups is 1. The minimum atomic E-state index is -2.01. The molecule has 2 fully saturated rings. The summed E-state index contributed by atoms with van der Waals surface area (Å²) in [5, 5.41) is 26.2. The Bertz CT molecular complexity index is 702. The van der Waals surface area contributed by atoms with E-state index in [0.717, 1.165) is 5.01 Å². The molecule has 1 N–H and O–H groups in total. The van der Waals surface area contributed by atoms with Crippen molar-refractivity contribution in [1.29, 1.82) is 10.5 Å². The zero-order valence-electron chi connectivity index (χ0n) is 11.6. The number of nitriles is 2. The summed E-state index contributed by atoms with van der Waals surface area (Å²) in [6, 6.07) is 3.20. The van der Waals surface area contributed by atoms with Crippen molar-refractivity contribution in [2.45, 2.75) is 26.8 Å². The summed E-state index contributed by atoms with van der Waals surface area (Å²) in [5.74, 6) is -2.43. The fraction of sp³-hybridized carbons (Fsp3) is 0.538. The highest BCUT2D eigenvalue weighted by atomic mass is 16.2. The Labute approximate surface area is 120 Å². The number of hydrogen-bond acceptors (Lipinski definition) is 6. The summed E-state index contributed by atoms with van der Waals surface area (Å²) >= 11 is 0. The quantitative estimate of drug-likeness (QED) is 0.637. The lowest BCUT2D eigenvalue weighted by atomic mass is 9.86. The van der Waals surface area contributed by atoms with Crippen molar-refractivity contribution >= 4 is 23.4 Å². The van der Waals surface area contributed by atoms with Crippen LogP contribution in [0.5, 0.6) is 0 Å². The van der Waals surface area contributed by atoms with Crippen molar-refractivity contribution in [3.8, 4) is 12.1 Å². The third kappa shape index (κ3) is 0.863. The molecule has 106 valence electrons. The van der Waals surface area contributed by atoms with Gasteiger partial charge in [-0.25, -0.2) is 5.01 Å². The highest BCUT2D eigenvalue weighted by molar-refractivity contribution is 6.34. The molecule has 8 heteroatoms. The largest absolute Gasteiger partial charge is 0.293 e. The molecule has 21 heavy (non-hydrogen) atoms. The second-order valence-electron chi connectivity index (χ2n) is 5.69. The van der Waals surface area contributed by atoms with Crippen LogP contribution in [0.15, 0.2) is 5.10 Å². The van der Waals surface area contributed by atoms with Crippen molar-refractivity contribution in [2.24, 2.45) is 21.3 Å². The maximum absolute atomic E-state index is 12.8. The molecule has 0 aromatic rings. The van der Waals surface area contributed by atoms with Crippen LogP contribution in [0.2, 0.25) is 0 Å². The number of fused-ring (bicyclic) bond motifs is 3. The van der Waals surface area contributed by atoms with Crippen LogP contribution in [0.3, 0.4) is 0 Å². The van der Waals surface area contributed by atoms with Gasteiger partial charge in [-0.05, 0) is 20.8 Å². The molecule has 2 heterocycles. The summed E-state index contributed by atoms with van der Waals surface area (Å²) in [6.45, 7) is 4.90. The van der Waals surface area contributed by atoms with Crippen LogP contribution < -0.4 is 5.32 Å². The molecular weight excluding hydrogens is 274 g/mol. The van der Waals surface area contributed by atoms with Crippen LogP contribution in [0.4, 0.5) is 0 Å². The number of nitrogens with one attached hydrogen (secondary N) is 1. The molecule has 0 radical (unpaired) electrons. The van der Waals surface area contributed by atoms with Gasteiger partial charge in [-0.2, -0.15) is 15.6 Å². The number of amides is 3. The molecule has 2 unspecified atom stereocenters. The highest BCUT2D eigenvalue weighted by Gasteiger charge is 3.04. The van der Waals surface area contributed by atoms with Crippen LogP contribution >= 0.6 is 0 Å². The molecule has 8 nitrogen and oxygen atoms in total. The number of carbonyl (C=O) groups is 3.